The molecule has 0 spiro atoms. The van der Waals surface area contributed by atoms with Crippen LogP contribution in [-0.4, -0.2) is 58.5 Å². The third-order valence-corrected chi connectivity index (χ3v) is 8.63. The molecule has 3 aromatic carbocycles. The lowest BCUT2D eigenvalue weighted by molar-refractivity contribution is -0.139. The van der Waals surface area contributed by atoms with Crippen LogP contribution in [0.3, 0.4) is 0 Å². The third kappa shape index (κ3) is 8.23. The second-order valence-corrected chi connectivity index (χ2v) is 12.6. The van der Waals surface area contributed by atoms with Crippen molar-refractivity contribution in [3.8, 4) is 11.5 Å². The summed E-state index contributed by atoms with van der Waals surface area (Å²) >= 11 is 3.45. The maximum atomic E-state index is 14.1. The molecule has 0 saturated heterocycles. The van der Waals surface area contributed by atoms with E-state index in [1.165, 1.54) is 37.3 Å². The molecule has 220 valence electrons. The van der Waals surface area contributed by atoms with Crippen molar-refractivity contribution >= 4 is 43.5 Å². The van der Waals surface area contributed by atoms with Crippen LogP contribution >= 0.6 is 15.9 Å². The lowest BCUT2D eigenvalue weighted by Crippen LogP contribution is -2.51. The van der Waals surface area contributed by atoms with Gasteiger partial charge in [0.2, 0.25) is 11.8 Å². The zero-order valence-electron chi connectivity index (χ0n) is 23.8. The van der Waals surface area contributed by atoms with Crippen LogP contribution in [0.25, 0.3) is 0 Å². The molecule has 1 unspecified atom stereocenters. The topological polar surface area (TPSA) is 105 Å². The Balaban J connectivity index is 2.09. The Morgan fingerprint density at radius 1 is 0.927 bits per heavy atom. The van der Waals surface area contributed by atoms with Crippen LogP contribution in [0.4, 0.5) is 5.69 Å². The number of nitrogens with zero attached hydrogens (tertiary/aromatic N) is 2. The molecule has 0 radical (unpaired) electrons. The van der Waals surface area contributed by atoms with E-state index < -0.39 is 28.5 Å². The van der Waals surface area contributed by atoms with Gasteiger partial charge in [-0.3, -0.25) is 13.9 Å². The molecular weight excluding hydrogens is 610 g/mol. The summed E-state index contributed by atoms with van der Waals surface area (Å²) in [6, 6.07) is 19.1. The number of benzene rings is 3. The first-order chi connectivity index (χ1) is 19.5. The van der Waals surface area contributed by atoms with Gasteiger partial charge in [0.1, 0.15) is 24.1 Å². The molecule has 1 N–H and O–H groups in total. The SMILES string of the molecule is COc1ccc(OC)c(N(CC(=O)N(Cc2cccc(Br)c2)C(C)C(=O)NCC(C)C)S(=O)(=O)c2ccccc2)c1. The average molecular weight is 647 g/mol. The number of anilines is 1. The van der Waals surface area contributed by atoms with Gasteiger partial charge in [-0.05, 0) is 54.8 Å². The van der Waals surface area contributed by atoms with Gasteiger partial charge in [0.05, 0.1) is 24.8 Å². The number of amides is 2. The third-order valence-electron chi connectivity index (χ3n) is 6.36. The van der Waals surface area contributed by atoms with Crippen molar-refractivity contribution < 1.29 is 27.5 Å². The molecule has 0 heterocycles. The average Bonchev–Trinajstić information content (AvgIpc) is 2.96. The number of rotatable bonds is 13. The number of carbonyl (C=O) groups is 2. The number of hydrogen-bond donors (Lipinski definition) is 1. The summed E-state index contributed by atoms with van der Waals surface area (Å²) < 4.78 is 40.7. The van der Waals surface area contributed by atoms with Crippen molar-refractivity contribution in [1.29, 1.82) is 0 Å². The Kier molecular flexibility index (Phi) is 11.2. The molecular formula is C30H36BrN3O6S. The molecule has 3 aromatic rings. The smallest absolute Gasteiger partial charge is 0.264 e. The number of halogens is 1. The van der Waals surface area contributed by atoms with E-state index in [0.717, 1.165) is 14.3 Å². The predicted octanol–water partition coefficient (Wildman–Crippen LogP) is 4.85. The zero-order valence-corrected chi connectivity index (χ0v) is 26.2. The second-order valence-electron chi connectivity index (χ2n) is 9.83. The predicted molar refractivity (Wildman–Crippen MR) is 163 cm³/mol. The fourth-order valence-electron chi connectivity index (χ4n) is 4.09. The lowest BCUT2D eigenvalue weighted by Gasteiger charge is -2.32. The number of sulfonamides is 1. The fraction of sp³-hybridized carbons (Fsp3) is 0.333. The minimum atomic E-state index is -4.25. The van der Waals surface area contributed by atoms with E-state index in [1.807, 2.05) is 38.1 Å². The van der Waals surface area contributed by atoms with Crippen LogP contribution in [0.2, 0.25) is 0 Å². The lowest BCUT2D eigenvalue weighted by atomic mass is 10.1. The van der Waals surface area contributed by atoms with Crippen LogP contribution < -0.4 is 19.1 Å². The fourth-order valence-corrected chi connectivity index (χ4v) is 5.98. The number of hydrogen-bond acceptors (Lipinski definition) is 6. The minimum Gasteiger partial charge on any atom is -0.497 e. The summed E-state index contributed by atoms with van der Waals surface area (Å²) in [6.07, 6.45) is 0. The summed E-state index contributed by atoms with van der Waals surface area (Å²) in [5, 5.41) is 2.88. The van der Waals surface area contributed by atoms with Gasteiger partial charge in [-0.1, -0.05) is 60.1 Å². The van der Waals surface area contributed by atoms with Crippen molar-refractivity contribution in [3.63, 3.8) is 0 Å². The summed E-state index contributed by atoms with van der Waals surface area (Å²) in [7, 11) is -1.36. The first-order valence-electron chi connectivity index (χ1n) is 13.1. The normalized spacial score (nSPS) is 12.0. The quantitative estimate of drug-likeness (QED) is 0.285. The Morgan fingerprint density at radius 3 is 2.24 bits per heavy atom. The summed E-state index contributed by atoms with van der Waals surface area (Å²) in [5.41, 5.74) is 0.899. The first kappa shape index (κ1) is 32.0. The number of carbonyl (C=O) groups excluding carboxylic acids is 2. The molecule has 3 rings (SSSR count). The van der Waals surface area contributed by atoms with Crippen molar-refractivity contribution in [2.75, 3.05) is 31.6 Å². The van der Waals surface area contributed by atoms with Crippen molar-refractivity contribution in [3.05, 3.63) is 82.8 Å². The summed E-state index contributed by atoms with van der Waals surface area (Å²) in [6.45, 7) is 5.53. The Hall–Kier alpha value is -3.57. The monoisotopic (exact) mass is 645 g/mol. The molecule has 1 atom stereocenters. The van der Waals surface area contributed by atoms with E-state index in [2.05, 4.69) is 21.2 Å². The van der Waals surface area contributed by atoms with E-state index in [1.54, 1.807) is 37.3 Å². The molecule has 0 aromatic heterocycles. The number of methoxy groups -OCH3 is 2. The zero-order chi connectivity index (χ0) is 30.2. The largest absolute Gasteiger partial charge is 0.497 e. The van der Waals surface area contributed by atoms with Crippen molar-refractivity contribution in [2.24, 2.45) is 5.92 Å². The molecule has 11 heteroatoms. The molecule has 0 aliphatic heterocycles. The van der Waals surface area contributed by atoms with Gasteiger partial charge in [0.25, 0.3) is 10.0 Å². The van der Waals surface area contributed by atoms with Gasteiger partial charge >= 0.3 is 0 Å². The molecule has 0 aliphatic carbocycles. The van der Waals surface area contributed by atoms with Gasteiger partial charge in [0.15, 0.2) is 0 Å². The molecule has 0 saturated carbocycles. The van der Waals surface area contributed by atoms with E-state index >= 15 is 0 Å². The minimum absolute atomic E-state index is 0.000983. The van der Waals surface area contributed by atoms with Gasteiger partial charge in [-0.2, -0.15) is 0 Å². The number of ether oxygens (including phenoxy) is 2. The van der Waals surface area contributed by atoms with Gasteiger partial charge in [-0.25, -0.2) is 8.42 Å². The van der Waals surface area contributed by atoms with Crippen LogP contribution in [0.1, 0.15) is 26.3 Å². The second kappa shape index (κ2) is 14.4. The van der Waals surface area contributed by atoms with E-state index in [9.17, 15) is 18.0 Å². The van der Waals surface area contributed by atoms with Crippen LogP contribution in [-0.2, 0) is 26.2 Å². The Bertz CT molecular complexity index is 1450. The van der Waals surface area contributed by atoms with E-state index in [-0.39, 0.29) is 34.7 Å². The van der Waals surface area contributed by atoms with Gasteiger partial charge in [0, 0.05) is 23.6 Å². The highest BCUT2D eigenvalue weighted by atomic mass is 79.9. The maximum absolute atomic E-state index is 14.1. The van der Waals surface area contributed by atoms with E-state index in [4.69, 9.17) is 9.47 Å². The first-order valence-corrected chi connectivity index (χ1v) is 15.3. The Morgan fingerprint density at radius 2 is 1.63 bits per heavy atom. The van der Waals surface area contributed by atoms with Crippen LogP contribution in [0.15, 0.2) is 82.2 Å². The van der Waals surface area contributed by atoms with Crippen LogP contribution in [0, 0.1) is 5.92 Å². The van der Waals surface area contributed by atoms with Crippen LogP contribution in [0.5, 0.6) is 11.5 Å². The summed E-state index contributed by atoms with van der Waals surface area (Å²) in [5.74, 6) is -0.0688. The number of nitrogens with one attached hydrogen (secondary N) is 1. The Labute approximate surface area is 250 Å². The molecule has 0 fully saturated rings. The highest BCUT2D eigenvalue weighted by Crippen LogP contribution is 2.36. The standard InChI is InChI=1S/C30H36BrN3O6S/c1-21(2)18-32-30(36)22(3)33(19-23-10-9-11-24(31)16-23)29(35)20-34(41(37,38)26-12-7-6-8-13-26)27-17-25(39-4)14-15-28(27)40-5/h6-17,21-22H,18-20H2,1-5H3,(H,32,36). The maximum Gasteiger partial charge on any atom is 0.264 e. The van der Waals surface area contributed by atoms with Gasteiger partial charge < -0.3 is 19.7 Å². The van der Waals surface area contributed by atoms with Crippen molar-refractivity contribution in [1.82, 2.24) is 10.2 Å². The van der Waals surface area contributed by atoms with Crippen molar-refractivity contribution in [2.45, 2.75) is 38.3 Å². The molecule has 2 amide bonds. The molecule has 9 nitrogen and oxygen atoms in total. The van der Waals surface area contributed by atoms with E-state index in [0.29, 0.717) is 12.3 Å². The highest BCUT2D eigenvalue weighted by molar-refractivity contribution is 9.10. The molecule has 0 aliphatic rings. The highest BCUT2D eigenvalue weighted by Gasteiger charge is 2.34. The molecule has 41 heavy (non-hydrogen) atoms. The van der Waals surface area contributed by atoms with Gasteiger partial charge in [-0.15, -0.1) is 0 Å². The molecule has 0 bridgehead atoms. The summed E-state index contributed by atoms with van der Waals surface area (Å²) in [4.78, 5) is 28.6.